The Kier molecular flexibility index (Phi) is 4.20. The summed E-state index contributed by atoms with van der Waals surface area (Å²) in [4.78, 5) is 10.5. The molecular formula is C16H15NO5. The largest absolute Gasteiger partial charge is 0.484 e. The van der Waals surface area contributed by atoms with Gasteiger partial charge in [0.2, 0.25) is 0 Å². The second-order valence-electron chi connectivity index (χ2n) is 4.91. The van der Waals surface area contributed by atoms with E-state index in [2.05, 4.69) is 0 Å². The van der Waals surface area contributed by atoms with Gasteiger partial charge < -0.3 is 14.2 Å². The van der Waals surface area contributed by atoms with E-state index in [-0.39, 0.29) is 11.8 Å². The van der Waals surface area contributed by atoms with E-state index in [4.69, 9.17) is 14.2 Å². The zero-order valence-corrected chi connectivity index (χ0v) is 11.8. The summed E-state index contributed by atoms with van der Waals surface area (Å²) in [6.45, 7) is 1.11. The first kappa shape index (κ1) is 14.3. The van der Waals surface area contributed by atoms with E-state index in [0.717, 1.165) is 6.42 Å². The predicted octanol–water partition coefficient (Wildman–Crippen LogP) is 3.55. The predicted molar refractivity (Wildman–Crippen MR) is 79.5 cm³/mol. The quantitative estimate of drug-likeness (QED) is 0.624. The molecule has 1 unspecified atom stereocenters. The molecule has 1 aliphatic heterocycles. The van der Waals surface area contributed by atoms with Crippen molar-refractivity contribution in [2.75, 3.05) is 13.2 Å². The molecule has 1 atom stereocenters. The first-order valence-corrected chi connectivity index (χ1v) is 6.98. The van der Waals surface area contributed by atoms with Crippen molar-refractivity contribution >= 4 is 5.69 Å². The van der Waals surface area contributed by atoms with E-state index in [9.17, 15) is 10.1 Å². The normalized spacial score (nSPS) is 17.2. The van der Waals surface area contributed by atoms with Crippen LogP contribution in [0.2, 0.25) is 0 Å². The number of nitro groups is 1. The molecule has 0 N–H and O–H groups in total. The van der Waals surface area contributed by atoms with Gasteiger partial charge in [-0.15, -0.1) is 0 Å². The third-order valence-corrected chi connectivity index (χ3v) is 3.29. The Morgan fingerprint density at radius 1 is 1.14 bits per heavy atom. The summed E-state index contributed by atoms with van der Waals surface area (Å²) in [5, 5.41) is 10.9. The zero-order chi connectivity index (χ0) is 15.4. The minimum atomic E-state index is -0.454. The molecule has 0 spiro atoms. The summed E-state index contributed by atoms with van der Waals surface area (Å²) >= 11 is 0. The van der Waals surface area contributed by atoms with Gasteiger partial charge in [-0.1, -0.05) is 18.2 Å². The number of nitro benzene ring substituents is 1. The topological polar surface area (TPSA) is 70.8 Å². The molecule has 1 heterocycles. The van der Waals surface area contributed by atoms with Crippen LogP contribution >= 0.6 is 0 Å². The molecular weight excluding hydrogens is 286 g/mol. The number of hydrogen-bond acceptors (Lipinski definition) is 5. The number of para-hydroxylation sites is 1. The zero-order valence-electron chi connectivity index (χ0n) is 11.8. The van der Waals surface area contributed by atoms with E-state index in [1.165, 1.54) is 12.1 Å². The Balaban J connectivity index is 1.87. The van der Waals surface area contributed by atoms with Gasteiger partial charge in [0.1, 0.15) is 11.9 Å². The molecule has 22 heavy (non-hydrogen) atoms. The van der Waals surface area contributed by atoms with Crippen LogP contribution in [0.4, 0.5) is 5.69 Å². The van der Waals surface area contributed by atoms with Crippen molar-refractivity contribution in [3.63, 3.8) is 0 Å². The Labute approximate surface area is 127 Å². The molecule has 0 aromatic heterocycles. The molecule has 6 nitrogen and oxygen atoms in total. The lowest BCUT2D eigenvalue weighted by Crippen LogP contribution is -2.16. The van der Waals surface area contributed by atoms with E-state index < -0.39 is 4.92 Å². The lowest BCUT2D eigenvalue weighted by atomic mass is 10.2. The molecule has 0 amide bonds. The van der Waals surface area contributed by atoms with Crippen molar-refractivity contribution in [2.45, 2.75) is 12.5 Å². The highest BCUT2D eigenvalue weighted by atomic mass is 16.6. The lowest BCUT2D eigenvalue weighted by molar-refractivity contribution is -0.385. The number of rotatable bonds is 5. The summed E-state index contributed by atoms with van der Waals surface area (Å²) in [6, 6.07) is 13.5. The van der Waals surface area contributed by atoms with Gasteiger partial charge in [-0.3, -0.25) is 10.1 Å². The number of nitrogens with zero attached hydrogens (tertiary/aromatic N) is 1. The molecule has 0 aliphatic carbocycles. The van der Waals surface area contributed by atoms with Gasteiger partial charge in [-0.2, -0.15) is 0 Å². The highest BCUT2D eigenvalue weighted by molar-refractivity contribution is 5.50. The summed E-state index contributed by atoms with van der Waals surface area (Å²) < 4.78 is 16.8. The van der Waals surface area contributed by atoms with Crippen LogP contribution in [-0.4, -0.2) is 24.2 Å². The molecule has 0 radical (unpaired) electrons. The van der Waals surface area contributed by atoms with Crippen molar-refractivity contribution in [3.8, 4) is 17.2 Å². The second kappa shape index (κ2) is 6.44. The summed E-state index contributed by atoms with van der Waals surface area (Å²) in [7, 11) is 0. The molecule has 6 heteroatoms. The summed E-state index contributed by atoms with van der Waals surface area (Å²) in [5.41, 5.74) is -0.0330. The van der Waals surface area contributed by atoms with Crippen molar-refractivity contribution in [1.82, 2.24) is 0 Å². The van der Waals surface area contributed by atoms with Gasteiger partial charge in [0.05, 0.1) is 24.2 Å². The number of ether oxygens (including phenoxy) is 3. The SMILES string of the molecule is O=[N+]([O-])c1ccc(Oc2ccccc2)c(OC2CCOC2)c1. The van der Waals surface area contributed by atoms with Crippen LogP contribution in [0.3, 0.4) is 0 Å². The van der Waals surface area contributed by atoms with E-state index in [0.29, 0.717) is 30.5 Å². The van der Waals surface area contributed by atoms with Crippen molar-refractivity contribution in [2.24, 2.45) is 0 Å². The first-order chi connectivity index (χ1) is 10.7. The van der Waals surface area contributed by atoms with Crippen molar-refractivity contribution in [1.29, 1.82) is 0 Å². The molecule has 0 saturated carbocycles. The maximum Gasteiger partial charge on any atom is 0.273 e. The summed E-state index contributed by atoms with van der Waals surface area (Å²) in [6.07, 6.45) is 0.646. The molecule has 114 valence electrons. The monoisotopic (exact) mass is 301 g/mol. The molecule has 0 bridgehead atoms. The van der Waals surface area contributed by atoms with Gasteiger partial charge in [0.15, 0.2) is 11.5 Å². The van der Waals surface area contributed by atoms with Crippen LogP contribution < -0.4 is 9.47 Å². The van der Waals surface area contributed by atoms with Gasteiger partial charge in [-0.05, 0) is 18.2 Å². The van der Waals surface area contributed by atoms with Crippen molar-refractivity contribution < 1.29 is 19.1 Å². The maximum absolute atomic E-state index is 10.9. The number of hydrogen-bond donors (Lipinski definition) is 0. The number of benzene rings is 2. The minimum absolute atomic E-state index is 0.0330. The maximum atomic E-state index is 10.9. The summed E-state index contributed by atoms with van der Waals surface area (Å²) in [5.74, 6) is 1.45. The van der Waals surface area contributed by atoms with E-state index in [1.54, 1.807) is 6.07 Å². The second-order valence-corrected chi connectivity index (χ2v) is 4.91. The first-order valence-electron chi connectivity index (χ1n) is 6.98. The average Bonchev–Trinajstić information content (AvgIpc) is 3.03. The lowest BCUT2D eigenvalue weighted by Gasteiger charge is -2.15. The highest BCUT2D eigenvalue weighted by Crippen LogP contribution is 2.36. The smallest absolute Gasteiger partial charge is 0.273 e. The average molecular weight is 301 g/mol. The van der Waals surface area contributed by atoms with Gasteiger partial charge in [0, 0.05) is 12.5 Å². The molecule has 1 saturated heterocycles. The Bertz CT molecular complexity index is 653. The van der Waals surface area contributed by atoms with Crippen LogP contribution in [0.5, 0.6) is 17.2 Å². The fourth-order valence-electron chi connectivity index (χ4n) is 2.19. The third kappa shape index (κ3) is 3.35. The van der Waals surface area contributed by atoms with E-state index >= 15 is 0 Å². The molecule has 2 aromatic carbocycles. The van der Waals surface area contributed by atoms with Gasteiger partial charge >= 0.3 is 0 Å². The van der Waals surface area contributed by atoms with Crippen LogP contribution in [0.1, 0.15) is 6.42 Å². The van der Waals surface area contributed by atoms with Crippen LogP contribution in [0.15, 0.2) is 48.5 Å². The van der Waals surface area contributed by atoms with Crippen molar-refractivity contribution in [3.05, 3.63) is 58.6 Å². The highest BCUT2D eigenvalue weighted by Gasteiger charge is 2.21. The minimum Gasteiger partial charge on any atom is -0.484 e. The van der Waals surface area contributed by atoms with Gasteiger partial charge in [0.25, 0.3) is 5.69 Å². The van der Waals surface area contributed by atoms with E-state index in [1.807, 2.05) is 30.3 Å². The fraction of sp³-hybridized carbons (Fsp3) is 0.250. The fourth-order valence-corrected chi connectivity index (χ4v) is 2.19. The third-order valence-electron chi connectivity index (χ3n) is 3.29. The number of non-ortho nitro benzene ring substituents is 1. The Morgan fingerprint density at radius 3 is 2.64 bits per heavy atom. The molecule has 2 aromatic rings. The van der Waals surface area contributed by atoms with Crippen LogP contribution in [0, 0.1) is 10.1 Å². The Hall–Kier alpha value is -2.60. The van der Waals surface area contributed by atoms with Gasteiger partial charge in [-0.25, -0.2) is 0 Å². The van der Waals surface area contributed by atoms with Crippen LogP contribution in [0.25, 0.3) is 0 Å². The standard InChI is InChI=1S/C16H15NO5/c18-17(19)12-6-7-15(21-13-4-2-1-3-5-13)16(10-12)22-14-8-9-20-11-14/h1-7,10,14H,8-9,11H2. The molecule has 1 aliphatic rings. The Morgan fingerprint density at radius 2 is 1.95 bits per heavy atom. The van der Waals surface area contributed by atoms with Crippen LogP contribution in [-0.2, 0) is 4.74 Å². The molecule has 3 rings (SSSR count). The molecule has 1 fully saturated rings.